The zero-order valence-corrected chi connectivity index (χ0v) is 15.3. The van der Waals surface area contributed by atoms with Crippen LogP contribution >= 0.6 is 0 Å². The summed E-state index contributed by atoms with van der Waals surface area (Å²) in [5.41, 5.74) is 0.903. The van der Waals surface area contributed by atoms with Crippen LogP contribution in [0.1, 0.15) is 30.7 Å². The highest BCUT2D eigenvalue weighted by molar-refractivity contribution is 7.89. The molecule has 1 unspecified atom stereocenters. The highest BCUT2D eigenvalue weighted by Gasteiger charge is 2.32. The summed E-state index contributed by atoms with van der Waals surface area (Å²) in [5, 5.41) is 0. The van der Waals surface area contributed by atoms with Gasteiger partial charge in [0.15, 0.2) is 0 Å². The second kappa shape index (κ2) is 7.72. The average molecular weight is 381 g/mol. The molecule has 0 aromatic heterocycles. The van der Waals surface area contributed by atoms with Gasteiger partial charge in [0.25, 0.3) is 0 Å². The molecule has 2 aromatic rings. The molecule has 1 atom stereocenters. The maximum absolute atomic E-state index is 13.7. The van der Waals surface area contributed by atoms with Gasteiger partial charge in [0.05, 0.1) is 7.11 Å². The number of sulfonamides is 1. The fourth-order valence-electron chi connectivity index (χ4n) is 3.32. The van der Waals surface area contributed by atoms with Gasteiger partial charge in [-0.2, -0.15) is 4.31 Å². The number of hydrogen-bond acceptors (Lipinski definition) is 3. The largest absolute Gasteiger partial charge is 0.495 e. The van der Waals surface area contributed by atoms with E-state index in [-0.39, 0.29) is 28.9 Å². The minimum atomic E-state index is -3.91. The van der Waals surface area contributed by atoms with Crippen LogP contribution in [-0.4, -0.2) is 32.9 Å². The van der Waals surface area contributed by atoms with E-state index in [4.69, 9.17) is 4.74 Å². The first kappa shape index (κ1) is 18.8. The molecule has 0 saturated carbocycles. The van der Waals surface area contributed by atoms with Crippen LogP contribution in [0.5, 0.6) is 5.75 Å². The number of methoxy groups -OCH3 is 1. The number of nitrogens with zero attached hydrogens (tertiary/aromatic N) is 1. The van der Waals surface area contributed by atoms with Gasteiger partial charge in [-0.1, -0.05) is 18.6 Å². The summed E-state index contributed by atoms with van der Waals surface area (Å²) < 4.78 is 59.6. The van der Waals surface area contributed by atoms with Crippen LogP contribution in [0.15, 0.2) is 47.4 Å². The van der Waals surface area contributed by atoms with Crippen LogP contribution in [0.4, 0.5) is 8.78 Å². The molecule has 0 radical (unpaired) electrons. The Balaban J connectivity index is 1.93. The summed E-state index contributed by atoms with van der Waals surface area (Å²) in [7, 11) is -2.55. The summed E-state index contributed by atoms with van der Waals surface area (Å²) in [5.74, 6) is -0.868. The maximum atomic E-state index is 13.7. The van der Waals surface area contributed by atoms with Crippen molar-refractivity contribution in [2.45, 2.75) is 30.1 Å². The Morgan fingerprint density at radius 2 is 1.73 bits per heavy atom. The van der Waals surface area contributed by atoms with Crippen molar-refractivity contribution in [3.05, 3.63) is 59.7 Å². The molecule has 1 saturated heterocycles. The van der Waals surface area contributed by atoms with Crippen molar-refractivity contribution in [1.82, 2.24) is 4.31 Å². The van der Waals surface area contributed by atoms with Crippen molar-refractivity contribution in [2.75, 3.05) is 20.2 Å². The molecule has 26 heavy (non-hydrogen) atoms. The third-order valence-corrected chi connectivity index (χ3v) is 6.61. The first-order valence-electron chi connectivity index (χ1n) is 8.51. The molecule has 1 fully saturated rings. The van der Waals surface area contributed by atoms with Crippen molar-refractivity contribution < 1.29 is 21.9 Å². The van der Waals surface area contributed by atoms with Gasteiger partial charge >= 0.3 is 0 Å². The van der Waals surface area contributed by atoms with Crippen LogP contribution < -0.4 is 4.74 Å². The second-order valence-corrected chi connectivity index (χ2v) is 8.31. The van der Waals surface area contributed by atoms with Crippen LogP contribution in [0.2, 0.25) is 0 Å². The Labute approximate surface area is 152 Å². The molecular weight excluding hydrogens is 360 g/mol. The summed E-state index contributed by atoms with van der Waals surface area (Å²) in [6.07, 6.45) is 2.40. The SMILES string of the molecule is COc1ccc(F)cc1S(=O)(=O)N1CCCCC(c2ccc(F)cc2)C1. The van der Waals surface area contributed by atoms with Gasteiger partial charge in [-0.15, -0.1) is 0 Å². The van der Waals surface area contributed by atoms with Gasteiger partial charge in [0.2, 0.25) is 10.0 Å². The van der Waals surface area contributed by atoms with Gasteiger partial charge < -0.3 is 4.74 Å². The van der Waals surface area contributed by atoms with Gasteiger partial charge in [-0.3, -0.25) is 0 Å². The van der Waals surface area contributed by atoms with Crippen molar-refractivity contribution >= 4 is 10.0 Å². The zero-order valence-electron chi connectivity index (χ0n) is 14.5. The Morgan fingerprint density at radius 3 is 2.42 bits per heavy atom. The molecule has 0 aliphatic carbocycles. The first-order chi connectivity index (χ1) is 12.4. The third-order valence-electron chi connectivity index (χ3n) is 4.72. The quantitative estimate of drug-likeness (QED) is 0.806. The van der Waals surface area contributed by atoms with E-state index in [9.17, 15) is 17.2 Å². The van der Waals surface area contributed by atoms with Crippen LogP contribution in [-0.2, 0) is 10.0 Å². The maximum Gasteiger partial charge on any atom is 0.246 e. The monoisotopic (exact) mass is 381 g/mol. The van der Waals surface area contributed by atoms with Crippen LogP contribution in [0.25, 0.3) is 0 Å². The van der Waals surface area contributed by atoms with Crippen molar-refractivity contribution in [1.29, 1.82) is 0 Å². The fourth-order valence-corrected chi connectivity index (χ4v) is 5.01. The van der Waals surface area contributed by atoms with E-state index in [0.717, 1.165) is 24.5 Å². The van der Waals surface area contributed by atoms with Gasteiger partial charge in [0.1, 0.15) is 22.3 Å². The topological polar surface area (TPSA) is 46.6 Å². The summed E-state index contributed by atoms with van der Waals surface area (Å²) >= 11 is 0. The van der Waals surface area contributed by atoms with E-state index in [1.807, 2.05) is 0 Å². The molecular formula is C19H21F2NO3S. The zero-order chi connectivity index (χ0) is 18.7. The molecule has 0 bridgehead atoms. The molecule has 0 N–H and O–H groups in total. The third kappa shape index (κ3) is 3.88. The van der Waals surface area contributed by atoms with Crippen molar-refractivity contribution in [3.63, 3.8) is 0 Å². The average Bonchev–Trinajstić information content (AvgIpc) is 2.89. The number of hydrogen-bond donors (Lipinski definition) is 0. The Kier molecular flexibility index (Phi) is 5.58. The molecule has 3 rings (SSSR count). The summed E-state index contributed by atoms with van der Waals surface area (Å²) in [6.45, 7) is 0.632. The van der Waals surface area contributed by atoms with E-state index in [1.54, 1.807) is 12.1 Å². The molecule has 2 aromatic carbocycles. The van der Waals surface area contributed by atoms with Crippen molar-refractivity contribution in [2.24, 2.45) is 0 Å². The molecule has 7 heteroatoms. The standard InChI is InChI=1S/C19H21F2NO3S/c1-25-18-10-9-17(21)12-19(18)26(23,24)22-11-3-2-4-15(13-22)14-5-7-16(20)8-6-14/h5-10,12,15H,2-4,11,13H2,1H3. The molecule has 1 aliphatic rings. The lowest BCUT2D eigenvalue weighted by molar-refractivity contribution is 0.384. The summed E-state index contributed by atoms with van der Waals surface area (Å²) in [4.78, 5) is -0.167. The van der Waals surface area contributed by atoms with E-state index >= 15 is 0 Å². The highest BCUT2D eigenvalue weighted by atomic mass is 32.2. The smallest absolute Gasteiger partial charge is 0.246 e. The van der Waals surface area contributed by atoms with E-state index in [2.05, 4.69) is 0 Å². The predicted molar refractivity (Wildman–Crippen MR) is 94.7 cm³/mol. The Bertz CT molecular complexity index is 869. The summed E-state index contributed by atoms with van der Waals surface area (Å²) in [6, 6.07) is 9.63. The first-order valence-corrected chi connectivity index (χ1v) is 9.95. The lowest BCUT2D eigenvalue weighted by Crippen LogP contribution is -2.34. The van der Waals surface area contributed by atoms with Gasteiger partial charge in [0, 0.05) is 13.1 Å². The van der Waals surface area contributed by atoms with Gasteiger partial charge in [-0.05, 0) is 54.7 Å². The normalized spacial score (nSPS) is 19.1. The number of benzene rings is 2. The Morgan fingerprint density at radius 1 is 1.04 bits per heavy atom. The predicted octanol–water partition coefficient (Wildman–Crippen LogP) is 3.93. The molecule has 1 heterocycles. The van der Waals surface area contributed by atoms with E-state index < -0.39 is 15.8 Å². The lowest BCUT2D eigenvalue weighted by atomic mass is 9.95. The van der Waals surface area contributed by atoms with Gasteiger partial charge in [-0.25, -0.2) is 17.2 Å². The minimum Gasteiger partial charge on any atom is -0.495 e. The second-order valence-electron chi connectivity index (χ2n) is 6.40. The van der Waals surface area contributed by atoms with Crippen LogP contribution in [0.3, 0.4) is 0 Å². The van der Waals surface area contributed by atoms with E-state index in [0.29, 0.717) is 13.0 Å². The number of rotatable bonds is 4. The Hall–Kier alpha value is -1.99. The molecule has 0 amide bonds. The molecule has 1 aliphatic heterocycles. The highest BCUT2D eigenvalue weighted by Crippen LogP contribution is 2.33. The molecule has 140 valence electrons. The number of halogens is 2. The van der Waals surface area contributed by atoms with Crippen molar-refractivity contribution in [3.8, 4) is 5.75 Å². The fraction of sp³-hybridized carbons (Fsp3) is 0.368. The lowest BCUT2D eigenvalue weighted by Gasteiger charge is -2.25. The van der Waals surface area contributed by atoms with E-state index in [1.165, 1.54) is 35.7 Å². The molecule has 0 spiro atoms. The minimum absolute atomic E-state index is 0.0348. The van der Waals surface area contributed by atoms with Crippen LogP contribution in [0, 0.1) is 11.6 Å². The molecule has 4 nitrogen and oxygen atoms in total. The number of ether oxygens (including phenoxy) is 1.